The van der Waals surface area contributed by atoms with Crippen LogP contribution in [0, 0.1) is 11.8 Å². The van der Waals surface area contributed by atoms with E-state index < -0.39 is 18.1 Å². The van der Waals surface area contributed by atoms with Gasteiger partial charge in [-0.1, -0.05) is 13.8 Å². The van der Waals surface area contributed by atoms with Gasteiger partial charge in [-0.2, -0.15) is 0 Å². The molecular weight excluding hydrogens is 236 g/mol. The van der Waals surface area contributed by atoms with E-state index in [0.29, 0.717) is 24.9 Å². The van der Waals surface area contributed by atoms with Gasteiger partial charge in [-0.3, -0.25) is 0 Å². The quantitative estimate of drug-likeness (QED) is 0.703. The first kappa shape index (κ1) is 13.1. The fourth-order valence-electron chi connectivity index (χ4n) is 2.73. The van der Waals surface area contributed by atoms with Gasteiger partial charge in [-0.25, -0.2) is 9.59 Å². The average molecular weight is 256 g/mol. The molecule has 2 heterocycles. The molecule has 0 aromatic heterocycles. The number of amides is 2. The molecule has 102 valence electrons. The number of β-amino-alcohol motifs (C(OH)–C–C–N with tert-alkyl or cyclic N) is 1. The number of aliphatic hydroxyl groups excluding tert-OH is 1. The zero-order valence-corrected chi connectivity index (χ0v) is 10.7. The number of aliphatic carboxylic acids is 1. The molecule has 0 aromatic carbocycles. The zero-order valence-electron chi connectivity index (χ0n) is 10.7. The highest BCUT2D eigenvalue weighted by Crippen LogP contribution is 2.26. The van der Waals surface area contributed by atoms with Crippen molar-refractivity contribution in [3.63, 3.8) is 0 Å². The Labute approximate surface area is 106 Å². The molecule has 6 nitrogen and oxygen atoms in total. The van der Waals surface area contributed by atoms with Crippen LogP contribution in [0.25, 0.3) is 0 Å². The van der Waals surface area contributed by atoms with Crippen molar-refractivity contribution in [3.8, 4) is 0 Å². The number of carboxylic acids is 1. The number of hydrogen-bond acceptors (Lipinski definition) is 3. The fourth-order valence-corrected chi connectivity index (χ4v) is 2.73. The van der Waals surface area contributed by atoms with Crippen molar-refractivity contribution in [2.75, 3.05) is 19.6 Å². The summed E-state index contributed by atoms with van der Waals surface area (Å²) in [4.78, 5) is 26.3. The van der Waals surface area contributed by atoms with Crippen LogP contribution in [0.5, 0.6) is 0 Å². The van der Waals surface area contributed by atoms with Crippen LogP contribution in [0.15, 0.2) is 0 Å². The Morgan fingerprint density at radius 3 is 2.17 bits per heavy atom. The van der Waals surface area contributed by atoms with Gasteiger partial charge in [-0.15, -0.1) is 0 Å². The Kier molecular flexibility index (Phi) is 3.47. The predicted octanol–water partition coefficient (Wildman–Crippen LogP) is 0.214. The van der Waals surface area contributed by atoms with Crippen molar-refractivity contribution in [2.24, 2.45) is 11.8 Å². The van der Waals surface area contributed by atoms with Gasteiger partial charge in [0, 0.05) is 26.1 Å². The van der Waals surface area contributed by atoms with Gasteiger partial charge in [0.2, 0.25) is 0 Å². The van der Waals surface area contributed by atoms with Gasteiger partial charge in [0.05, 0.1) is 6.10 Å². The average Bonchev–Trinajstić information content (AvgIpc) is 2.82. The zero-order chi connectivity index (χ0) is 13.4. The van der Waals surface area contributed by atoms with Crippen LogP contribution < -0.4 is 0 Å². The first-order valence-electron chi connectivity index (χ1n) is 6.36. The molecular formula is C12H20N2O4. The molecule has 0 saturated carbocycles. The lowest BCUT2D eigenvalue weighted by atomic mass is 10.0. The monoisotopic (exact) mass is 256 g/mol. The van der Waals surface area contributed by atoms with E-state index in [1.807, 2.05) is 0 Å². The Hall–Kier alpha value is -1.30. The van der Waals surface area contributed by atoms with Gasteiger partial charge in [0.15, 0.2) is 0 Å². The van der Waals surface area contributed by atoms with E-state index in [-0.39, 0.29) is 19.0 Å². The van der Waals surface area contributed by atoms with Crippen molar-refractivity contribution < 1.29 is 19.8 Å². The molecule has 0 bridgehead atoms. The minimum absolute atomic E-state index is 0.120. The van der Waals surface area contributed by atoms with Crippen LogP contribution in [0.3, 0.4) is 0 Å². The molecule has 18 heavy (non-hydrogen) atoms. The molecule has 2 rings (SSSR count). The largest absolute Gasteiger partial charge is 0.480 e. The minimum atomic E-state index is -1.04. The van der Waals surface area contributed by atoms with Crippen molar-refractivity contribution in [1.29, 1.82) is 0 Å². The minimum Gasteiger partial charge on any atom is -0.480 e. The van der Waals surface area contributed by atoms with Gasteiger partial charge in [0.25, 0.3) is 0 Å². The maximum Gasteiger partial charge on any atom is 0.326 e. The number of aliphatic hydroxyl groups is 1. The summed E-state index contributed by atoms with van der Waals surface area (Å²) in [6.45, 7) is 5.63. The lowest BCUT2D eigenvalue weighted by Crippen LogP contribution is -2.47. The number of carbonyl (C=O) groups excluding carboxylic acids is 1. The summed E-state index contributed by atoms with van der Waals surface area (Å²) in [5.41, 5.74) is 0. The van der Waals surface area contributed by atoms with Gasteiger partial charge < -0.3 is 20.0 Å². The summed E-state index contributed by atoms with van der Waals surface area (Å²) in [5, 5.41) is 18.6. The molecule has 0 spiro atoms. The van der Waals surface area contributed by atoms with Crippen molar-refractivity contribution in [2.45, 2.75) is 32.4 Å². The van der Waals surface area contributed by atoms with Gasteiger partial charge in [0.1, 0.15) is 6.04 Å². The third-order valence-corrected chi connectivity index (χ3v) is 4.07. The molecule has 2 N–H and O–H groups in total. The summed E-state index contributed by atoms with van der Waals surface area (Å²) >= 11 is 0. The Morgan fingerprint density at radius 2 is 1.67 bits per heavy atom. The molecule has 2 aliphatic heterocycles. The Balaban J connectivity index is 2.06. The molecule has 2 saturated heterocycles. The summed E-state index contributed by atoms with van der Waals surface area (Å²) in [7, 11) is 0. The maximum atomic E-state index is 12.3. The number of urea groups is 1. The normalized spacial score (nSPS) is 36.2. The third kappa shape index (κ3) is 2.29. The second-order valence-corrected chi connectivity index (χ2v) is 5.54. The van der Waals surface area contributed by atoms with E-state index in [9.17, 15) is 14.7 Å². The van der Waals surface area contributed by atoms with Crippen molar-refractivity contribution in [1.82, 2.24) is 9.80 Å². The number of carboxylic acid groups (broad SMARTS) is 1. The van der Waals surface area contributed by atoms with Crippen LogP contribution in [-0.2, 0) is 4.79 Å². The van der Waals surface area contributed by atoms with Crippen molar-refractivity contribution >= 4 is 12.0 Å². The predicted molar refractivity (Wildman–Crippen MR) is 64.1 cm³/mol. The number of rotatable bonds is 1. The summed E-state index contributed by atoms with van der Waals surface area (Å²) < 4.78 is 0. The van der Waals surface area contributed by atoms with Crippen LogP contribution in [0.4, 0.5) is 4.79 Å². The highest BCUT2D eigenvalue weighted by atomic mass is 16.4. The first-order chi connectivity index (χ1) is 8.40. The van der Waals surface area contributed by atoms with E-state index in [2.05, 4.69) is 13.8 Å². The van der Waals surface area contributed by atoms with E-state index in [4.69, 9.17) is 5.11 Å². The second-order valence-electron chi connectivity index (χ2n) is 5.54. The highest BCUT2D eigenvalue weighted by molar-refractivity contribution is 5.83. The standard InChI is InChI=1S/C12H20N2O4/c1-7-4-13(5-8(7)2)12(18)14-6-9(15)3-10(14)11(16)17/h7-10,15H,3-6H2,1-2H3,(H,16,17)/t7?,8?,9-,10+/m1/s1. The molecule has 0 radical (unpaired) electrons. The first-order valence-corrected chi connectivity index (χ1v) is 6.36. The molecule has 0 aliphatic carbocycles. The summed E-state index contributed by atoms with van der Waals surface area (Å²) in [5.74, 6) is -0.172. The van der Waals surface area contributed by atoms with Gasteiger partial charge >= 0.3 is 12.0 Å². The molecule has 2 fully saturated rings. The maximum absolute atomic E-state index is 12.3. The van der Waals surface area contributed by atoms with Gasteiger partial charge in [-0.05, 0) is 11.8 Å². The Bertz CT molecular complexity index is 350. The highest BCUT2D eigenvalue weighted by Gasteiger charge is 2.42. The number of hydrogen-bond donors (Lipinski definition) is 2. The molecule has 2 amide bonds. The molecule has 4 atom stereocenters. The third-order valence-electron chi connectivity index (χ3n) is 4.07. The molecule has 0 aromatic rings. The number of likely N-dealkylation sites (tertiary alicyclic amines) is 2. The fraction of sp³-hybridized carbons (Fsp3) is 0.833. The Morgan fingerprint density at radius 1 is 1.11 bits per heavy atom. The van der Waals surface area contributed by atoms with E-state index in [1.54, 1.807) is 4.90 Å². The topological polar surface area (TPSA) is 81.1 Å². The van der Waals surface area contributed by atoms with E-state index in [0.717, 1.165) is 0 Å². The molecule has 2 aliphatic rings. The summed E-state index contributed by atoms with van der Waals surface area (Å²) in [6, 6.07) is -1.14. The summed E-state index contributed by atoms with van der Waals surface area (Å²) in [6.07, 6.45) is -0.604. The SMILES string of the molecule is CC1CN(C(=O)N2C[C@H](O)C[C@H]2C(=O)O)CC1C. The number of carbonyl (C=O) groups is 2. The second kappa shape index (κ2) is 4.76. The molecule has 6 heteroatoms. The number of nitrogens with zero attached hydrogens (tertiary/aromatic N) is 2. The van der Waals surface area contributed by atoms with Crippen LogP contribution in [0.2, 0.25) is 0 Å². The van der Waals surface area contributed by atoms with E-state index >= 15 is 0 Å². The lowest BCUT2D eigenvalue weighted by Gasteiger charge is -2.27. The van der Waals surface area contributed by atoms with E-state index in [1.165, 1.54) is 4.90 Å². The lowest BCUT2D eigenvalue weighted by molar-refractivity contribution is -0.141. The van der Waals surface area contributed by atoms with Crippen molar-refractivity contribution in [3.05, 3.63) is 0 Å². The van der Waals surface area contributed by atoms with Crippen LogP contribution >= 0.6 is 0 Å². The smallest absolute Gasteiger partial charge is 0.326 e. The molecule has 2 unspecified atom stereocenters. The van der Waals surface area contributed by atoms with Crippen LogP contribution in [0.1, 0.15) is 20.3 Å². The van der Waals surface area contributed by atoms with Crippen LogP contribution in [-0.4, -0.2) is 63.8 Å².